The van der Waals surface area contributed by atoms with Crippen molar-refractivity contribution in [1.29, 1.82) is 0 Å². The summed E-state index contributed by atoms with van der Waals surface area (Å²) in [7, 11) is 0. The Balaban J connectivity index is 1.34. The van der Waals surface area contributed by atoms with Gasteiger partial charge < -0.3 is 9.15 Å². The van der Waals surface area contributed by atoms with Crippen LogP contribution in [-0.2, 0) is 9.53 Å². The lowest BCUT2D eigenvalue weighted by atomic mass is 9.90. The standard InChI is InChI=1S/C23H26N2O4/c1-3-28-22(27)16-9-7-15(8-10-16)19-12-11-17(29-19)14-24-25-21(26)20-18-6-4-5-13-23(18,20)2/h7-12,14,18,20H,3-6,13H2,1-2H3,(H,25,26)/b24-14+. The van der Waals surface area contributed by atoms with Crippen LogP contribution in [0.3, 0.4) is 0 Å². The third-order valence-electron chi connectivity index (χ3n) is 6.29. The number of fused-ring (bicyclic) bond motifs is 1. The van der Waals surface area contributed by atoms with Crippen molar-refractivity contribution < 1.29 is 18.7 Å². The highest BCUT2D eigenvalue weighted by molar-refractivity contribution is 5.90. The predicted molar refractivity (Wildman–Crippen MR) is 109 cm³/mol. The Morgan fingerprint density at radius 2 is 2.03 bits per heavy atom. The normalized spacial score (nSPS) is 25.4. The number of hydrazone groups is 1. The van der Waals surface area contributed by atoms with Crippen molar-refractivity contribution in [1.82, 2.24) is 5.43 Å². The highest BCUT2D eigenvalue weighted by Crippen LogP contribution is 2.66. The molecule has 2 aromatic rings. The van der Waals surface area contributed by atoms with E-state index in [0.29, 0.717) is 29.6 Å². The monoisotopic (exact) mass is 394 g/mol. The lowest BCUT2D eigenvalue weighted by Gasteiger charge is -2.15. The van der Waals surface area contributed by atoms with Crippen molar-refractivity contribution in [3.63, 3.8) is 0 Å². The van der Waals surface area contributed by atoms with E-state index in [9.17, 15) is 9.59 Å². The third kappa shape index (κ3) is 3.84. The van der Waals surface area contributed by atoms with Gasteiger partial charge in [-0.3, -0.25) is 4.79 Å². The summed E-state index contributed by atoms with van der Waals surface area (Å²) in [5, 5.41) is 4.08. The Kier molecular flexibility index (Phi) is 5.26. The molecule has 1 heterocycles. The minimum absolute atomic E-state index is 0.0111. The molecule has 1 aromatic carbocycles. The minimum atomic E-state index is -0.341. The zero-order chi connectivity index (χ0) is 20.4. The second kappa shape index (κ2) is 7.85. The fourth-order valence-corrected chi connectivity index (χ4v) is 4.64. The maximum atomic E-state index is 12.4. The molecule has 4 rings (SSSR count). The molecule has 2 fully saturated rings. The number of hydrogen-bond donors (Lipinski definition) is 1. The van der Waals surface area contributed by atoms with Crippen LogP contribution in [0.15, 0.2) is 45.9 Å². The number of carbonyl (C=O) groups excluding carboxylic acids is 2. The van der Waals surface area contributed by atoms with Crippen LogP contribution < -0.4 is 5.43 Å². The molecule has 0 radical (unpaired) electrons. The highest BCUT2D eigenvalue weighted by atomic mass is 16.5. The van der Waals surface area contributed by atoms with E-state index in [1.807, 2.05) is 18.2 Å². The summed E-state index contributed by atoms with van der Waals surface area (Å²) >= 11 is 0. The van der Waals surface area contributed by atoms with Gasteiger partial charge >= 0.3 is 5.97 Å². The highest BCUT2D eigenvalue weighted by Gasteiger charge is 2.64. The molecule has 2 aliphatic carbocycles. The molecule has 3 unspecified atom stereocenters. The smallest absolute Gasteiger partial charge is 0.338 e. The van der Waals surface area contributed by atoms with Gasteiger partial charge in [0, 0.05) is 11.5 Å². The first kappa shape index (κ1) is 19.4. The quantitative estimate of drug-likeness (QED) is 0.447. The number of esters is 1. The van der Waals surface area contributed by atoms with Crippen molar-refractivity contribution in [3.8, 4) is 11.3 Å². The summed E-state index contributed by atoms with van der Waals surface area (Å²) in [5.74, 6) is 1.48. The number of carbonyl (C=O) groups is 2. The van der Waals surface area contributed by atoms with Gasteiger partial charge in [0.1, 0.15) is 11.5 Å². The van der Waals surface area contributed by atoms with E-state index < -0.39 is 0 Å². The number of ether oxygens (including phenoxy) is 1. The third-order valence-corrected chi connectivity index (χ3v) is 6.29. The molecule has 0 bridgehead atoms. The average Bonchev–Trinajstić information content (AvgIpc) is 3.09. The molecule has 1 N–H and O–H groups in total. The first-order valence-electron chi connectivity index (χ1n) is 10.2. The lowest BCUT2D eigenvalue weighted by molar-refractivity contribution is -0.123. The molecule has 0 saturated heterocycles. The van der Waals surface area contributed by atoms with Gasteiger partial charge in [0.2, 0.25) is 5.91 Å². The second-order valence-electron chi connectivity index (χ2n) is 8.07. The van der Waals surface area contributed by atoms with Gasteiger partial charge in [-0.2, -0.15) is 5.10 Å². The Hall–Kier alpha value is -2.89. The van der Waals surface area contributed by atoms with Crippen LogP contribution in [0.5, 0.6) is 0 Å². The number of amides is 1. The SMILES string of the molecule is CCOC(=O)c1ccc(-c2ccc(/C=N/NC(=O)C3C4CCCCC43C)o2)cc1. The molecule has 6 heteroatoms. The van der Waals surface area contributed by atoms with Gasteiger partial charge in [-0.25, -0.2) is 10.2 Å². The second-order valence-corrected chi connectivity index (χ2v) is 8.07. The van der Waals surface area contributed by atoms with E-state index in [1.54, 1.807) is 25.1 Å². The molecule has 29 heavy (non-hydrogen) atoms. The van der Waals surface area contributed by atoms with Crippen LogP contribution in [0.4, 0.5) is 0 Å². The first-order valence-corrected chi connectivity index (χ1v) is 10.2. The van der Waals surface area contributed by atoms with Gasteiger partial charge in [0.25, 0.3) is 0 Å². The lowest BCUT2D eigenvalue weighted by Crippen LogP contribution is -2.22. The van der Waals surface area contributed by atoms with Crippen molar-refractivity contribution in [3.05, 3.63) is 47.7 Å². The first-order chi connectivity index (χ1) is 14.0. The van der Waals surface area contributed by atoms with Gasteiger partial charge in [0.05, 0.1) is 18.4 Å². The molecule has 2 aliphatic rings. The minimum Gasteiger partial charge on any atom is -0.462 e. The molecular formula is C23H26N2O4. The number of hydrogen-bond acceptors (Lipinski definition) is 5. The molecule has 3 atom stereocenters. The largest absolute Gasteiger partial charge is 0.462 e. The molecule has 1 amide bonds. The summed E-state index contributed by atoms with van der Waals surface area (Å²) in [6, 6.07) is 10.7. The maximum Gasteiger partial charge on any atom is 0.338 e. The van der Waals surface area contributed by atoms with Crippen LogP contribution >= 0.6 is 0 Å². The Bertz CT molecular complexity index is 931. The molecule has 0 spiro atoms. The van der Waals surface area contributed by atoms with Gasteiger partial charge in [-0.15, -0.1) is 0 Å². The van der Waals surface area contributed by atoms with Crippen LogP contribution in [0, 0.1) is 17.3 Å². The van der Waals surface area contributed by atoms with Crippen molar-refractivity contribution >= 4 is 18.1 Å². The van der Waals surface area contributed by atoms with Gasteiger partial charge in [-0.05, 0) is 55.4 Å². The van der Waals surface area contributed by atoms with E-state index in [-0.39, 0.29) is 23.2 Å². The van der Waals surface area contributed by atoms with E-state index >= 15 is 0 Å². The fourth-order valence-electron chi connectivity index (χ4n) is 4.64. The van der Waals surface area contributed by atoms with E-state index in [4.69, 9.17) is 9.15 Å². The van der Waals surface area contributed by atoms with Crippen LogP contribution in [0.25, 0.3) is 11.3 Å². The number of nitrogens with zero attached hydrogens (tertiary/aromatic N) is 1. The van der Waals surface area contributed by atoms with E-state index in [2.05, 4.69) is 17.5 Å². The summed E-state index contributed by atoms with van der Waals surface area (Å²) < 4.78 is 10.8. The topological polar surface area (TPSA) is 80.9 Å². The molecule has 0 aliphatic heterocycles. The summed E-state index contributed by atoms with van der Waals surface area (Å²) in [6.45, 7) is 4.34. The summed E-state index contributed by atoms with van der Waals surface area (Å²) in [5.41, 5.74) is 4.19. The summed E-state index contributed by atoms with van der Waals surface area (Å²) in [4.78, 5) is 24.2. The summed E-state index contributed by atoms with van der Waals surface area (Å²) in [6.07, 6.45) is 6.24. The van der Waals surface area contributed by atoms with Crippen molar-refractivity contribution in [2.75, 3.05) is 6.61 Å². The Morgan fingerprint density at radius 3 is 2.72 bits per heavy atom. The van der Waals surface area contributed by atoms with Crippen LogP contribution in [0.1, 0.15) is 55.6 Å². The molecule has 2 saturated carbocycles. The predicted octanol–water partition coefficient (Wildman–Crippen LogP) is 4.40. The number of nitrogens with one attached hydrogen (secondary N) is 1. The van der Waals surface area contributed by atoms with Crippen molar-refractivity contribution in [2.45, 2.75) is 39.5 Å². The van der Waals surface area contributed by atoms with E-state index in [0.717, 1.165) is 18.4 Å². The molecule has 1 aromatic heterocycles. The molecular weight excluding hydrogens is 368 g/mol. The van der Waals surface area contributed by atoms with E-state index in [1.165, 1.54) is 19.1 Å². The Morgan fingerprint density at radius 1 is 1.24 bits per heavy atom. The number of benzene rings is 1. The number of rotatable bonds is 6. The maximum absolute atomic E-state index is 12.4. The van der Waals surface area contributed by atoms with Crippen molar-refractivity contribution in [2.24, 2.45) is 22.4 Å². The van der Waals surface area contributed by atoms with Gasteiger partial charge in [0.15, 0.2) is 0 Å². The number of furan rings is 1. The molecule has 152 valence electrons. The zero-order valence-corrected chi connectivity index (χ0v) is 16.8. The van der Waals surface area contributed by atoms with Crippen LogP contribution in [-0.4, -0.2) is 24.7 Å². The average molecular weight is 394 g/mol. The fraction of sp³-hybridized carbons (Fsp3) is 0.435. The van der Waals surface area contributed by atoms with Gasteiger partial charge in [-0.1, -0.05) is 31.9 Å². The zero-order valence-electron chi connectivity index (χ0n) is 16.8. The van der Waals surface area contributed by atoms with Crippen LogP contribution in [0.2, 0.25) is 0 Å². The Labute approximate surface area is 170 Å². The molecule has 6 nitrogen and oxygen atoms in total.